The topological polar surface area (TPSA) is 156 Å². The number of nitrogens with one attached hydrogen (secondary N) is 1. The molecule has 0 spiro atoms. The monoisotopic (exact) mass is 537 g/mol. The molecular weight excluding hydrogens is 510 g/mol. The van der Waals surface area contributed by atoms with Crippen LogP contribution in [0.25, 0.3) is 34.1 Å². The molecule has 0 atom stereocenters. The number of amides is 1. The number of esters is 1. The van der Waals surface area contributed by atoms with E-state index in [1.54, 1.807) is 35.4 Å². The molecule has 40 heavy (non-hydrogen) atoms. The summed E-state index contributed by atoms with van der Waals surface area (Å²) in [6, 6.07) is 12.8. The number of anilines is 2. The van der Waals surface area contributed by atoms with E-state index in [1.807, 2.05) is 41.1 Å². The van der Waals surface area contributed by atoms with Crippen LogP contribution >= 0.6 is 0 Å². The molecule has 6 rings (SSSR count). The van der Waals surface area contributed by atoms with Gasteiger partial charge in [-0.15, -0.1) is 0 Å². The zero-order valence-electron chi connectivity index (χ0n) is 21.8. The fraction of sp³-hybridized carbons (Fsp3) is 0.250. The van der Waals surface area contributed by atoms with E-state index in [4.69, 9.17) is 20.4 Å². The maximum atomic E-state index is 12.9. The number of rotatable bonds is 6. The van der Waals surface area contributed by atoms with Gasteiger partial charge < -0.3 is 15.8 Å². The second-order valence-electron chi connectivity index (χ2n) is 9.63. The predicted octanol–water partition coefficient (Wildman–Crippen LogP) is 3.56. The number of hydrogen-bond acceptors (Lipinski definition) is 9. The quantitative estimate of drug-likeness (QED) is 0.309. The summed E-state index contributed by atoms with van der Waals surface area (Å²) in [6.07, 6.45) is 9.32. The average molecular weight is 538 g/mol. The zero-order valence-corrected chi connectivity index (χ0v) is 21.8. The van der Waals surface area contributed by atoms with Crippen LogP contribution in [0.4, 0.5) is 11.6 Å². The van der Waals surface area contributed by atoms with Gasteiger partial charge in [0.25, 0.3) is 0 Å². The van der Waals surface area contributed by atoms with Gasteiger partial charge in [-0.3, -0.25) is 14.2 Å². The molecule has 3 N–H and O–H groups in total. The Morgan fingerprint density at radius 3 is 2.50 bits per heavy atom. The minimum atomic E-state index is -0.207. The number of methoxy groups -OCH3 is 1. The van der Waals surface area contributed by atoms with Crippen molar-refractivity contribution in [2.24, 2.45) is 11.8 Å². The van der Waals surface area contributed by atoms with Crippen molar-refractivity contribution in [1.29, 1.82) is 0 Å². The van der Waals surface area contributed by atoms with Crippen molar-refractivity contribution < 1.29 is 14.3 Å². The molecule has 0 bridgehead atoms. The summed E-state index contributed by atoms with van der Waals surface area (Å²) in [6.45, 7) is 0. The van der Waals surface area contributed by atoms with Gasteiger partial charge in [0.05, 0.1) is 30.5 Å². The summed E-state index contributed by atoms with van der Waals surface area (Å²) < 4.78 is 8.38. The number of nitrogens with zero attached hydrogens (tertiary/aromatic N) is 7. The summed E-state index contributed by atoms with van der Waals surface area (Å²) in [5.74, 6) is 1.33. The number of imidazole rings is 1. The molecule has 1 aliphatic rings. The molecule has 0 unspecified atom stereocenters. The summed E-state index contributed by atoms with van der Waals surface area (Å²) in [4.78, 5) is 43.1. The molecule has 0 aromatic carbocycles. The van der Waals surface area contributed by atoms with Crippen molar-refractivity contribution in [3.05, 3.63) is 67.3 Å². The summed E-state index contributed by atoms with van der Waals surface area (Å²) in [7, 11) is 1.39. The molecule has 0 radical (unpaired) electrons. The molecule has 1 saturated carbocycles. The zero-order chi connectivity index (χ0) is 27.6. The van der Waals surface area contributed by atoms with Gasteiger partial charge in [0, 0.05) is 24.5 Å². The lowest BCUT2D eigenvalue weighted by Gasteiger charge is -2.25. The van der Waals surface area contributed by atoms with Gasteiger partial charge in [-0.25, -0.2) is 24.6 Å². The van der Waals surface area contributed by atoms with Crippen molar-refractivity contribution in [3.63, 3.8) is 0 Å². The first-order valence-electron chi connectivity index (χ1n) is 13.0. The first-order valence-corrected chi connectivity index (χ1v) is 13.0. The molecule has 5 aromatic heterocycles. The van der Waals surface area contributed by atoms with E-state index < -0.39 is 0 Å². The van der Waals surface area contributed by atoms with Gasteiger partial charge in [-0.2, -0.15) is 5.10 Å². The van der Waals surface area contributed by atoms with Crippen molar-refractivity contribution in [3.8, 4) is 22.9 Å². The van der Waals surface area contributed by atoms with Gasteiger partial charge in [0.2, 0.25) is 5.91 Å². The molecule has 1 amide bonds. The van der Waals surface area contributed by atoms with Gasteiger partial charge in [-0.1, -0.05) is 0 Å². The minimum Gasteiger partial charge on any atom is -0.469 e. The third-order valence-corrected chi connectivity index (χ3v) is 7.20. The van der Waals surface area contributed by atoms with Crippen LogP contribution in [-0.4, -0.2) is 53.3 Å². The number of ether oxygens (including phenoxy) is 1. The van der Waals surface area contributed by atoms with Gasteiger partial charge in [-0.05, 0) is 68.1 Å². The minimum absolute atomic E-state index is 0.106. The van der Waals surface area contributed by atoms with Crippen molar-refractivity contribution in [1.82, 2.24) is 34.3 Å². The molecule has 5 heterocycles. The van der Waals surface area contributed by atoms with Crippen molar-refractivity contribution in [2.75, 3.05) is 18.2 Å². The Bertz CT molecular complexity index is 1670. The Hall–Kier alpha value is -5.13. The van der Waals surface area contributed by atoms with E-state index in [0.29, 0.717) is 71.4 Å². The lowest BCUT2D eigenvalue weighted by atomic mass is 9.81. The van der Waals surface area contributed by atoms with Gasteiger partial charge >= 0.3 is 5.97 Å². The van der Waals surface area contributed by atoms with Crippen LogP contribution in [0.1, 0.15) is 25.7 Å². The highest BCUT2D eigenvalue weighted by molar-refractivity contribution is 5.92. The highest BCUT2D eigenvalue weighted by Crippen LogP contribution is 2.32. The van der Waals surface area contributed by atoms with Crippen LogP contribution in [-0.2, 0) is 14.3 Å². The number of carbonyl (C=O) groups excluding carboxylic acids is 2. The third-order valence-electron chi connectivity index (χ3n) is 7.20. The average Bonchev–Trinajstić information content (AvgIpc) is 3.66. The van der Waals surface area contributed by atoms with Crippen molar-refractivity contribution in [2.45, 2.75) is 25.7 Å². The van der Waals surface area contributed by atoms with Gasteiger partial charge in [0.1, 0.15) is 17.2 Å². The predicted molar refractivity (Wildman–Crippen MR) is 148 cm³/mol. The Labute approximate surface area is 229 Å². The molecule has 12 heteroatoms. The SMILES string of the molecule is COC(=O)[C@H]1CC[C@H](C(=O)Nc2ccc(-n3c(-c4cccnc4N)nc4ccc(-n5cccn5)nc43)cn2)CC1. The molecule has 5 aromatic rings. The van der Waals surface area contributed by atoms with Crippen LogP contribution in [0, 0.1) is 11.8 Å². The first-order chi connectivity index (χ1) is 19.5. The molecule has 0 saturated heterocycles. The Balaban J connectivity index is 1.31. The molecule has 1 aliphatic carbocycles. The molecule has 12 nitrogen and oxygen atoms in total. The van der Waals surface area contributed by atoms with E-state index in [1.165, 1.54) is 7.11 Å². The lowest BCUT2D eigenvalue weighted by Crippen LogP contribution is -2.30. The number of carbonyl (C=O) groups is 2. The first kappa shape index (κ1) is 25.2. The second-order valence-corrected chi connectivity index (χ2v) is 9.63. The Morgan fingerprint density at radius 1 is 0.975 bits per heavy atom. The highest BCUT2D eigenvalue weighted by Gasteiger charge is 2.30. The molecule has 1 fully saturated rings. The Kier molecular flexibility index (Phi) is 6.64. The van der Waals surface area contributed by atoms with Gasteiger partial charge in [0.15, 0.2) is 17.3 Å². The number of fused-ring (bicyclic) bond motifs is 1. The van der Waals surface area contributed by atoms with Crippen LogP contribution in [0.15, 0.2) is 67.3 Å². The van der Waals surface area contributed by atoms with E-state index in [9.17, 15) is 9.59 Å². The van der Waals surface area contributed by atoms with E-state index in [0.717, 1.165) is 0 Å². The van der Waals surface area contributed by atoms with Crippen LogP contribution in [0.5, 0.6) is 0 Å². The maximum Gasteiger partial charge on any atom is 0.308 e. The third kappa shape index (κ3) is 4.75. The molecular formula is C28H27N9O3. The summed E-state index contributed by atoms with van der Waals surface area (Å²) in [5.41, 5.74) is 8.81. The van der Waals surface area contributed by atoms with E-state index >= 15 is 0 Å². The standard InChI is InChI=1S/C28H27N9O3/c1-40-28(39)18-7-5-17(6-8-18)27(38)34-22-11-9-19(16-31-22)37-25(20-4-2-13-30-24(20)29)33-21-10-12-23(35-26(21)37)36-15-3-14-32-36/h2-4,9-18H,5-8H2,1H3,(H2,29,30)(H,31,34,38)/t17-,18-. The van der Waals surface area contributed by atoms with E-state index in [-0.39, 0.29) is 23.7 Å². The summed E-state index contributed by atoms with van der Waals surface area (Å²) in [5, 5.41) is 7.20. The van der Waals surface area contributed by atoms with Crippen LogP contribution < -0.4 is 11.1 Å². The number of hydrogen-bond donors (Lipinski definition) is 2. The molecule has 202 valence electrons. The second kappa shape index (κ2) is 10.6. The van der Waals surface area contributed by atoms with Crippen LogP contribution in [0.2, 0.25) is 0 Å². The normalized spacial score (nSPS) is 17.0. The lowest BCUT2D eigenvalue weighted by molar-refractivity contribution is -0.147. The van der Waals surface area contributed by atoms with Crippen LogP contribution in [0.3, 0.4) is 0 Å². The highest BCUT2D eigenvalue weighted by atomic mass is 16.5. The Morgan fingerprint density at radius 2 is 1.80 bits per heavy atom. The summed E-state index contributed by atoms with van der Waals surface area (Å²) >= 11 is 0. The fourth-order valence-electron chi connectivity index (χ4n) is 5.09. The number of nitrogen functional groups attached to an aromatic ring is 1. The maximum absolute atomic E-state index is 12.9. The molecule has 0 aliphatic heterocycles. The van der Waals surface area contributed by atoms with E-state index in [2.05, 4.69) is 20.4 Å². The largest absolute Gasteiger partial charge is 0.469 e. The number of pyridine rings is 3. The number of nitrogens with two attached hydrogens (primary N) is 1. The fourth-order valence-corrected chi connectivity index (χ4v) is 5.09. The van der Waals surface area contributed by atoms with Crippen molar-refractivity contribution >= 4 is 34.7 Å². The smallest absolute Gasteiger partial charge is 0.308 e. The number of aromatic nitrogens is 7.